The highest BCUT2D eigenvalue weighted by Crippen LogP contribution is 2.35. The van der Waals surface area contributed by atoms with E-state index in [2.05, 4.69) is 52.9 Å². The molecular weight excluding hydrogens is 564 g/mol. The van der Waals surface area contributed by atoms with Crippen LogP contribution < -0.4 is 20.3 Å². The number of phenolic OH excluding ortho intramolecular Hbond substituents is 2. The quantitative estimate of drug-likeness (QED) is 0.249. The largest absolute Gasteiger partial charge is 0.503 e. The summed E-state index contributed by atoms with van der Waals surface area (Å²) in [5.74, 6) is -0.235. The molecule has 2 amide bonds. The van der Waals surface area contributed by atoms with Gasteiger partial charge in [0.2, 0.25) is 11.8 Å². The SMILES string of the molecule is COc1cc(C=NNC(=O)CCCC(=O)NN=Cc2cc(Br)c(O)c(OC)c2)cc(Br)c1O. The van der Waals surface area contributed by atoms with E-state index in [9.17, 15) is 19.8 Å². The molecule has 0 spiro atoms. The molecule has 0 aliphatic rings. The maximum Gasteiger partial charge on any atom is 0.240 e. The van der Waals surface area contributed by atoms with Gasteiger partial charge in [-0.15, -0.1) is 0 Å². The number of nitrogens with one attached hydrogen (secondary N) is 2. The molecule has 2 aromatic rings. The second-order valence-electron chi connectivity index (χ2n) is 6.55. The fourth-order valence-electron chi connectivity index (χ4n) is 2.53. The van der Waals surface area contributed by atoms with Crippen molar-refractivity contribution >= 4 is 56.1 Å². The van der Waals surface area contributed by atoms with E-state index in [0.717, 1.165) is 0 Å². The summed E-state index contributed by atoms with van der Waals surface area (Å²) in [5, 5.41) is 27.3. The Bertz CT molecular complexity index is 992. The smallest absolute Gasteiger partial charge is 0.240 e. The van der Waals surface area contributed by atoms with Gasteiger partial charge in [0.05, 0.1) is 35.6 Å². The lowest BCUT2D eigenvalue weighted by Crippen LogP contribution is -2.20. The topological polar surface area (TPSA) is 142 Å². The number of phenols is 2. The van der Waals surface area contributed by atoms with Crippen LogP contribution in [0.15, 0.2) is 43.4 Å². The van der Waals surface area contributed by atoms with Crippen molar-refractivity contribution in [3.8, 4) is 23.0 Å². The Kier molecular flexibility index (Phi) is 10.1. The van der Waals surface area contributed by atoms with E-state index in [1.54, 1.807) is 24.3 Å². The van der Waals surface area contributed by atoms with Gasteiger partial charge in [0, 0.05) is 12.8 Å². The number of halogens is 2. The molecule has 33 heavy (non-hydrogen) atoms. The van der Waals surface area contributed by atoms with Crippen LogP contribution in [0.3, 0.4) is 0 Å². The van der Waals surface area contributed by atoms with Crippen molar-refractivity contribution in [3.05, 3.63) is 44.3 Å². The molecule has 2 rings (SSSR count). The molecule has 0 aliphatic carbocycles. The third-order valence-corrected chi connectivity index (χ3v) is 5.36. The number of carbonyl (C=O) groups excluding carboxylic acids is 2. The molecule has 0 aliphatic heterocycles. The normalized spacial score (nSPS) is 11.0. The third-order valence-electron chi connectivity index (χ3n) is 4.15. The molecule has 0 bridgehead atoms. The molecule has 0 atom stereocenters. The van der Waals surface area contributed by atoms with Gasteiger partial charge in [0.25, 0.3) is 0 Å². The first kappa shape index (κ1) is 26.1. The van der Waals surface area contributed by atoms with E-state index in [0.29, 0.717) is 26.5 Å². The van der Waals surface area contributed by atoms with Crippen LogP contribution in [0.5, 0.6) is 23.0 Å². The molecule has 12 heteroatoms. The molecule has 4 N–H and O–H groups in total. The lowest BCUT2D eigenvalue weighted by molar-refractivity contribution is -0.122. The molecule has 0 saturated carbocycles. The Balaban J connectivity index is 1.74. The summed E-state index contributed by atoms with van der Waals surface area (Å²) in [7, 11) is 2.85. The van der Waals surface area contributed by atoms with Gasteiger partial charge in [-0.05, 0) is 73.7 Å². The molecular formula is C21H22Br2N4O6. The van der Waals surface area contributed by atoms with Crippen molar-refractivity contribution in [3.63, 3.8) is 0 Å². The number of hydrogen-bond donors (Lipinski definition) is 4. The van der Waals surface area contributed by atoms with E-state index in [-0.39, 0.29) is 47.7 Å². The monoisotopic (exact) mass is 584 g/mol. The van der Waals surface area contributed by atoms with Gasteiger partial charge in [-0.2, -0.15) is 10.2 Å². The van der Waals surface area contributed by atoms with Crippen molar-refractivity contribution < 1.29 is 29.3 Å². The van der Waals surface area contributed by atoms with Crippen LogP contribution in [0.4, 0.5) is 0 Å². The Morgan fingerprint density at radius 3 is 1.61 bits per heavy atom. The molecule has 0 radical (unpaired) electrons. The molecule has 2 aromatic carbocycles. The Morgan fingerprint density at radius 2 is 1.24 bits per heavy atom. The van der Waals surface area contributed by atoms with Crippen LogP contribution in [0.2, 0.25) is 0 Å². The van der Waals surface area contributed by atoms with Gasteiger partial charge in [-0.1, -0.05) is 0 Å². The van der Waals surface area contributed by atoms with E-state index < -0.39 is 0 Å². The van der Waals surface area contributed by atoms with Crippen LogP contribution in [-0.4, -0.2) is 48.7 Å². The van der Waals surface area contributed by atoms with Gasteiger partial charge in [0.1, 0.15) is 0 Å². The summed E-state index contributed by atoms with van der Waals surface area (Å²) in [5.41, 5.74) is 5.96. The number of hydrazone groups is 2. The summed E-state index contributed by atoms with van der Waals surface area (Å²) < 4.78 is 11.0. The fourth-order valence-corrected chi connectivity index (χ4v) is 3.45. The van der Waals surface area contributed by atoms with E-state index >= 15 is 0 Å². The van der Waals surface area contributed by atoms with Crippen LogP contribution >= 0.6 is 31.9 Å². The molecule has 0 aromatic heterocycles. The summed E-state index contributed by atoms with van der Waals surface area (Å²) in [4.78, 5) is 23.8. The van der Waals surface area contributed by atoms with Crippen LogP contribution in [-0.2, 0) is 9.59 Å². The number of amides is 2. The number of nitrogens with zero attached hydrogens (tertiary/aromatic N) is 2. The highest BCUT2D eigenvalue weighted by atomic mass is 79.9. The van der Waals surface area contributed by atoms with Crippen LogP contribution in [0.25, 0.3) is 0 Å². The molecule has 0 saturated heterocycles. The van der Waals surface area contributed by atoms with Crippen molar-refractivity contribution in [1.82, 2.24) is 10.9 Å². The van der Waals surface area contributed by atoms with Crippen molar-refractivity contribution in [2.24, 2.45) is 10.2 Å². The highest BCUT2D eigenvalue weighted by molar-refractivity contribution is 9.10. The van der Waals surface area contributed by atoms with Crippen LogP contribution in [0.1, 0.15) is 30.4 Å². The number of methoxy groups -OCH3 is 2. The minimum atomic E-state index is -0.353. The summed E-state index contributed by atoms with van der Waals surface area (Å²) in [6.07, 6.45) is 3.31. The average Bonchev–Trinajstić information content (AvgIpc) is 2.78. The predicted molar refractivity (Wildman–Crippen MR) is 130 cm³/mol. The van der Waals surface area contributed by atoms with Crippen molar-refractivity contribution in [2.45, 2.75) is 19.3 Å². The number of benzene rings is 2. The first-order chi connectivity index (χ1) is 15.7. The van der Waals surface area contributed by atoms with Crippen molar-refractivity contribution in [2.75, 3.05) is 14.2 Å². The number of carbonyl (C=O) groups is 2. The summed E-state index contributed by atoms with van der Waals surface area (Å²) in [6, 6.07) is 6.36. The number of ether oxygens (including phenoxy) is 2. The molecule has 0 unspecified atom stereocenters. The molecule has 0 fully saturated rings. The van der Waals surface area contributed by atoms with Crippen molar-refractivity contribution in [1.29, 1.82) is 0 Å². The fraction of sp³-hybridized carbons (Fsp3) is 0.238. The number of hydrogen-bond acceptors (Lipinski definition) is 8. The maximum atomic E-state index is 11.9. The van der Waals surface area contributed by atoms with Gasteiger partial charge >= 0.3 is 0 Å². The van der Waals surface area contributed by atoms with Gasteiger partial charge in [-0.3, -0.25) is 9.59 Å². The van der Waals surface area contributed by atoms with E-state index in [1.165, 1.54) is 26.6 Å². The lowest BCUT2D eigenvalue weighted by Gasteiger charge is -2.06. The average molecular weight is 586 g/mol. The second-order valence-corrected chi connectivity index (χ2v) is 8.26. The lowest BCUT2D eigenvalue weighted by atomic mass is 10.2. The molecule has 0 heterocycles. The first-order valence-corrected chi connectivity index (χ1v) is 11.1. The van der Waals surface area contributed by atoms with Gasteiger partial charge in [0.15, 0.2) is 23.0 Å². The Morgan fingerprint density at radius 1 is 0.848 bits per heavy atom. The second kappa shape index (κ2) is 12.8. The zero-order valence-electron chi connectivity index (χ0n) is 17.8. The molecule has 10 nitrogen and oxygen atoms in total. The van der Waals surface area contributed by atoms with Gasteiger partial charge in [-0.25, -0.2) is 10.9 Å². The first-order valence-electron chi connectivity index (χ1n) is 9.52. The Labute approximate surface area is 206 Å². The standard InChI is InChI=1S/C21H22Br2N4O6/c1-32-16-8-12(6-14(22)20(16)30)10-24-26-18(28)4-3-5-19(29)27-25-11-13-7-15(23)21(31)17(9-13)33-2/h6-11,30-31H,3-5H2,1-2H3,(H,26,28)(H,27,29). The zero-order chi connectivity index (χ0) is 24.4. The predicted octanol–water partition coefficient (Wildman–Crippen LogP) is 3.41. The minimum Gasteiger partial charge on any atom is -0.503 e. The van der Waals surface area contributed by atoms with Crippen LogP contribution in [0, 0.1) is 0 Å². The highest BCUT2D eigenvalue weighted by Gasteiger charge is 2.09. The molecule has 176 valence electrons. The maximum absolute atomic E-state index is 11.9. The van der Waals surface area contributed by atoms with E-state index in [1.807, 2.05) is 0 Å². The Hall–Kier alpha value is -3.12. The summed E-state index contributed by atoms with van der Waals surface area (Å²) in [6.45, 7) is 0. The summed E-state index contributed by atoms with van der Waals surface area (Å²) >= 11 is 6.41. The van der Waals surface area contributed by atoms with Gasteiger partial charge < -0.3 is 19.7 Å². The third kappa shape index (κ3) is 8.06. The number of rotatable bonds is 10. The van der Waals surface area contributed by atoms with E-state index in [4.69, 9.17) is 9.47 Å². The zero-order valence-corrected chi connectivity index (χ0v) is 20.9. The number of aromatic hydroxyl groups is 2. The minimum absolute atomic E-state index is 0.0306.